The van der Waals surface area contributed by atoms with Crippen molar-refractivity contribution in [1.29, 1.82) is 0 Å². The molecule has 3 aromatic rings. The zero-order valence-electron chi connectivity index (χ0n) is 14.9. The van der Waals surface area contributed by atoms with Gasteiger partial charge in [-0.15, -0.1) is 0 Å². The van der Waals surface area contributed by atoms with Crippen LogP contribution in [-0.4, -0.2) is 33.0 Å². The first-order valence-corrected chi connectivity index (χ1v) is 8.37. The van der Waals surface area contributed by atoms with Gasteiger partial charge in [0.15, 0.2) is 11.4 Å². The van der Waals surface area contributed by atoms with E-state index in [4.69, 9.17) is 9.84 Å². The van der Waals surface area contributed by atoms with E-state index >= 15 is 0 Å². The van der Waals surface area contributed by atoms with Crippen LogP contribution in [0.1, 0.15) is 28.7 Å². The molecule has 0 spiro atoms. The standard InChI is InChI=1S/C19H19F2N3O3/c1-11(9-25)22-19(26)17-12(2)23-18-16(7-4-8-24(17)18)27-10-13-14(20)5-3-6-15(13)21/h3-8,11,25H,9-10H2,1-2H3,(H,22,26). The lowest BCUT2D eigenvalue weighted by atomic mass is 10.2. The molecule has 0 aliphatic heterocycles. The number of aliphatic hydroxyl groups is 1. The predicted octanol–water partition coefficient (Wildman–Crippen LogP) is 2.61. The molecule has 1 aromatic carbocycles. The molecule has 27 heavy (non-hydrogen) atoms. The van der Waals surface area contributed by atoms with Crippen LogP contribution in [0.15, 0.2) is 36.5 Å². The summed E-state index contributed by atoms with van der Waals surface area (Å²) >= 11 is 0. The van der Waals surface area contributed by atoms with Crippen LogP contribution in [0.25, 0.3) is 5.65 Å². The number of ether oxygens (including phenoxy) is 1. The van der Waals surface area contributed by atoms with Crippen molar-refractivity contribution in [2.75, 3.05) is 6.61 Å². The minimum Gasteiger partial charge on any atom is -0.485 e. The number of benzene rings is 1. The summed E-state index contributed by atoms with van der Waals surface area (Å²) < 4.78 is 34.7. The van der Waals surface area contributed by atoms with Gasteiger partial charge in [0, 0.05) is 12.2 Å². The second-order valence-corrected chi connectivity index (χ2v) is 6.16. The lowest BCUT2D eigenvalue weighted by Gasteiger charge is -2.12. The SMILES string of the molecule is Cc1nc2c(OCc3c(F)cccc3F)cccn2c1C(=O)NC(C)CO. The molecule has 1 unspecified atom stereocenters. The van der Waals surface area contributed by atoms with Crippen molar-refractivity contribution in [3.05, 3.63) is 65.1 Å². The van der Waals surface area contributed by atoms with Gasteiger partial charge >= 0.3 is 0 Å². The van der Waals surface area contributed by atoms with E-state index in [1.807, 2.05) is 0 Å². The van der Waals surface area contributed by atoms with Crippen LogP contribution in [0.2, 0.25) is 0 Å². The van der Waals surface area contributed by atoms with Crippen LogP contribution in [0, 0.1) is 18.6 Å². The Morgan fingerprint density at radius 1 is 1.30 bits per heavy atom. The van der Waals surface area contributed by atoms with Gasteiger partial charge in [-0.3, -0.25) is 9.20 Å². The van der Waals surface area contributed by atoms with E-state index in [0.717, 1.165) is 12.1 Å². The third-order valence-corrected chi connectivity index (χ3v) is 4.09. The Labute approximate surface area is 154 Å². The Bertz CT molecular complexity index is 967. The summed E-state index contributed by atoms with van der Waals surface area (Å²) in [6.45, 7) is 2.84. The van der Waals surface area contributed by atoms with Crippen molar-refractivity contribution >= 4 is 11.6 Å². The summed E-state index contributed by atoms with van der Waals surface area (Å²) in [6.07, 6.45) is 1.64. The number of amides is 1. The molecule has 0 aliphatic carbocycles. The smallest absolute Gasteiger partial charge is 0.270 e. The van der Waals surface area contributed by atoms with Gasteiger partial charge in [-0.2, -0.15) is 0 Å². The quantitative estimate of drug-likeness (QED) is 0.695. The highest BCUT2D eigenvalue weighted by Crippen LogP contribution is 2.24. The highest BCUT2D eigenvalue weighted by Gasteiger charge is 2.20. The number of nitrogens with one attached hydrogen (secondary N) is 1. The monoisotopic (exact) mass is 375 g/mol. The van der Waals surface area contributed by atoms with Crippen LogP contribution in [-0.2, 0) is 6.61 Å². The fourth-order valence-corrected chi connectivity index (χ4v) is 2.70. The number of aryl methyl sites for hydroxylation is 1. The second kappa shape index (κ2) is 7.71. The van der Waals surface area contributed by atoms with E-state index < -0.39 is 17.7 Å². The van der Waals surface area contributed by atoms with Crippen LogP contribution in [0.3, 0.4) is 0 Å². The molecule has 0 bridgehead atoms. The lowest BCUT2D eigenvalue weighted by molar-refractivity contribution is 0.0915. The topological polar surface area (TPSA) is 75.9 Å². The van der Waals surface area contributed by atoms with Crippen molar-refractivity contribution in [3.63, 3.8) is 0 Å². The number of imidazole rings is 1. The molecule has 142 valence electrons. The molecule has 0 fully saturated rings. The highest BCUT2D eigenvalue weighted by molar-refractivity contribution is 5.95. The molecule has 0 aliphatic rings. The molecular weight excluding hydrogens is 356 g/mol. The first-order chi connectivity index (χ1) is 12.9. The number of aromatic nitrogens is 2. The van der Waals surface area contributed by atoms with E-state index in [2.05, 4.69) is 10.3 Å². The highest BCUT2D eigenvalue weighted by atomic mass is 19.1. The van der Waals surface area contributed by atoms with Crippen molar-refractivity contribution in [3.8, 4) is 5.75 Å². The Balaban J connectivity index is 1.92. The maximum Gasteiger partial charge on any atom is 0.270 e. The average molecular weight is 375 g/mol. The van der Waals surface area contributed by atoms with Crippen LogP contribution >= 0.6 is 0 Å². The van der Waals surface area contributed by atoms with Gasteiger partial charge in [0.05, 0.1) is 17.9 Å². The molecule has 8 heteroatoms. The fourth-order valence-electron chi connectivity index (χ4n) is 2.70. The number of pyridine rings is 1. The van der Waals surface area contributed by atoms with Gasteiger partial charge in [-0.1, -0.05) is 6.07 Å². The first kappa shape index (κ1) is 18.8. The molecule has 0 saturated carbocycles. The number of fused-ring (bicyclic) bond motifs is 1. The number of rotatable bonds is 6. The summed E-state index contributed by atoms with van der Waals surface area (Å²) in [5.41, 5.74) is 0.935. The number of hydrogen-bond acceptors (Lipinski definition) is 4. The number of carbonyl (C=O) groups excluding carboxylic acids is 1. The van der Waals surface area contributed by atoms with Gasteiger partial charge in [-0.05, 0) is 38.1 Å². The average Bonchev–Trinajstić information content (AvgIpc) is 2.97. The van der Waals surface area contributed by atoms with E-state index in [9.17, 15) is 13.6 Å². The van der Waals surface area contributed by atoms with Crippen molar-refractivity contribution in [1.82, 2.24) is 14.7 Å². The number of aliphatic hydroxyl groups excluding tert-OH is 1. The number of nitrogens with zero attached hydrogens (tertiary/aromatic N) is 2. The van der Waals surface area contributed by atoms with E-state index in [1.54, 1.807) is 36.6 Å². The fraction of sp³-hybridized carbons (Fsp3) is 0.263. The molecular formula is C19H19F2N3O3. The normalized spacial score (nSPS) is 12.2. The van der Waals surface area contributed by atoms with E-state index in [-0.39, 0.29) is 30.4 Å². The van der Waals surface area contributed by atoms with Gasteiger partial charge in [0.1, 0.15) is 23.9 Å². The van der Waals surface area contributed by atoms with Crippen molar-refractivity contribution in [2.24, 2.45) is 0 Å². The number of halogens is 2. The molecule has 2 aromatic heterocycles. The molecule has 1 amide bonds. The zero-order valence-corrected chi connectivity index (χ0v) is 14.9. The predicted molar refractivity (Wildman–Crippen MR) is 94.6 cm³/mol. The Morgan fingerprint density at radius 2 is 2.00 bits per heavy atom. The van der Waals surface area contributed by atoms with Crippen LogP contribution < -0.4 is 10.1 Å². The molecule has 1 atom stereocenters. The molecule has 0 saturated heterocycles. The third-order valence-electron chi connectivity index (χ3n) is 4.09. The molecule has 6 nitrogen and oxygen atoms in total. The van der Waals surface area contributed by atoms with Gasteiger partial charge in [0.25, 0.3) is 5.91 Å². The van der Waals surface area contributed by atoms with E-state index in [1.165, 1.54) is 6.07 Å². The Hall–Kier alpha value is -3.00. The summed E-state index contributed by atoms with van der Waals surface area (Å²) in [4.78, 5) is 16.8. The van der Waals surface area contributed by atoms with Crippen molar-refractivity contribution in [2.45, 2.75) is 26.5 Å². The Kier molecular flexibility index (Phi) is 5.36. The van der Waals surface area contributed by atoms with Gasteiger partial charge < -0.3 is 15.2 Å². The molecule has 3 rings (SSSR count). The summed E-state index contributed by atoms with van der Waals surface area (Å²) in [7, 11) is 0. The molecule has 2 N–H and O–H groups in total. The summed E-state index contributed by atoms with van der Waals surface area (Å²) in [6, 6.07) is 6.45. The number of carbonyl (C=O) groups is 1. The van der Waals surface area contributed by atoms with Crippen LogP contribution in [0.4, 0.5) is 8.78 Å². The minimum atomic E-state index is -0.695. The second-order valence-electron chi connectivity index (χ2n) is 6.16. The van der Waals surface area contributed by atoms with Crippen LogP contribution in [0.5, 0.6) is 5.75 Å². The summed E-state index contributed by atoms with van der Waals surface area (Å²) in [5.74, 6) is -1.49. The first-order valence-electron chi connectivity index (χ1n) is 8.37. The lowest BCUT2D eigenvalue weighted by Crippen LogP contribution is -2.36. The van der Waals surface area contributed by atoms with E-state index in [0.29, 0.717) is 17.0 Å². The van der Waals surface area contributed by atoms with Crippen molar-refractivity contribution < 1.29 is 23.4 Å². The summed E-state index contributed by atoms with van der Waals surface area (Å²) in [5, 5.41) is 11.8. The maximum absolute atomic E-state index is 13.8. The Morgan fingerprint density at radius 3 is 2.67 bits per heavy atom. The molecule has 2 heterocycles. The third kappa shape index (κ3) is 3.75. The maximum atomic E-state index is 13.8. The van der Waals surface area contributed by atoms with Gasteiger partial charge in [-0.25, -0.2) is 13.8 Å². The largest absolute Gasteiger partial charge is 0.485 e. The zero-order chi connectivity index (χ0) is 19.6. The molecule has 0 radical (unpaired) electrons. The minimum absolute atomic E-state index is 0.183. The van der Waals surface area contributed by atoms with Gasteiger partial charge in [0.2, 0.25) is 0 Å². The number of hydrogen-bond donors (Lipinski definition) is 2.